The summed E-state index contributed by atoms with van der Waals surface area (Å²) in [6, 6.07) is 47.7. The minimum atomic E-state index is 0. The Morgan fingerprint density at radius 2 is 1.39 bits per heavy atom. The molecule has 0 atom stereocenters. The summed E-state index contributed by atoms with van der Waals surface area (Å²) >= 11 is 0. The topological polar surface area (TPSA) is 51.8 Å². The molecule has 5 heteroatoms. The summed E-state index contributed by atoms with van der Waals surface area (Å²) in [4.78, 5) is 13.9. The predicted molar refractivity (Wildman–Crippen MR) is 196 cm³/mol. The zero-order valence-corrected chi connectivity index (χ0v) is 30.1. The van der Waals surface area contributed by atoms with Crippen LogP contribution in [0.25, 0.3) is 55.7 Å². The van der Waals surface area contributed by atoms with E-state index in [1.807, 2.05) is 67.8 Å². The van der Waals surface area contributed by atoms with Gasteiger partial charge < -0.3 is 14.4 Å². The normalized spacial score (nSPS) is 10.8. The molecule has 0 spiro atoms. The minimum Gasteiger partial charge on any atom is -0.486 e. The Morgan fingerprint density at radius 3 is 2.10 bits per heavy atom. The van der Waals surface area contributed by atoms with Crippen molar-refractivity contribution in [3.63, 3.8) is 0 Å². The molecule has 4 nitrogen and oxygen atoms in total. The summed E-state index contributed by atoms with van der Waals surface area (Å²) < 4.78 is 6.30. The molecule has 0 fully saturated rings. The van der Waals surface area contributed by atoms with Crippen molar-refractivity contribution in [1.29, 1.82) is 0 Å². The Bertz CT molecular complexity index is 2280. The molecule has 0 amide bonds. The SMILES string of the molecule is Cc1ccc(-c2[c-]cccc2)nc1.Cc1cccc(C)c1-c1ccc(-c2[c-]ccc3c2oc2nc(CCc4ccccc4)ccc23)nc1.[Ir]. The number of nitrogens with zero attached hydrogens (tertiary/aromatic N) is 3. The van der Waals surface area contributed by atoms with Gasteiger partial charge in [0.15, 0.2) is 0 Å². The van der Waals surface area contributed by atoms with E-state index in [4.69, 9.17) is 14.4 Å². The number of rotatable bonds is 6. The molecule has 0 N–H and O–H groups in total. The van der Waals surface area contributed by atoms with E-state index < -0.39 is 0 Å². The number of hydrogen-bond donors (Lipinski definition) is 0. The Hall–Kier alpha value is -5.22. The van der Waals surface area contributed by atoms with Gasteiger partial charge >= 0.3 is 0 Å². The van der Waals surface area contributed by atoms with E-state index in [9.17, 15) is 0 Å². The summed E-state index contributed by atoms with van der Waals surface area (Å²) in [5, 5.41) is 2.06. The fraction of sp³-hybridized carbons (Fsp3) is 0.114. The van der Waals surface area contributed by atoms with Crippen LogP contribution in [0.15, 0.2) is 138 Å². The maximum Gasteiger partial charge on any atom is 0.216 e. The molecular weight excluding hydrogens is 779 g/mol. The average Bonchev–Trinajstić information content (AvgIpc) is 3.51. The third-order valence-corrected chi connectivity index (χ3v) is 8.55. The molecule has 0 bridgehead atoms. The van der Waals surface area contributed by atoms with Crippen LogP contribution < -0.4 is 0 Å². The molecule has 0 saturated carbocycles. The Kier molecular flexibility index (Phi) is 10.5. The van der Waals surface area contributed by atoms with Crippen molar-refractivity contribution in [1.82, 2.24) is 15.0 Å². The molecule has 0 unspecified atom stereocenters. The van der Waals surface area contributed by atoms with Gasteiger partial charge in [0.25, 0.3) is 0 Å². The second-order valence-electron chi connectivity index (χ2n) is 12.0. The van der Waals surface area contributed by atoms with Crippen molar-refractivity contribution in [2.45, 2.75) is 33.6 Å². The number of aromatic nitrogens is 3. The molecule has 4 aromatic carbocycles. The van der Waals surface area contributed by atoms with E-state index in [0.717, 1.165) is 63.0 Å². The van der Waals surface area contributed by atoms with Gasteiger partial charge in [-0.1, -0.05) is 83.7 Å². The first-order valence-electron chi connectivity index (χ1n) is 16.2. The molecule has 4 heterocycles. The van der Waals surface area contributed by atoms with Crippen molar-refractivity contribution in [3.8, 4) is 33.6 Å². The van der Waals surface area contributed by atoms with Gasteiger partial charge in [-0.15, -0.1) is 54.1 Å². The zero-order chi connectivity index (χ0) is 32.9. The smallest absolute Gasteiger partial charge is 0.216 e. The summed E-state index contributed by atoms with van der Waals surface area (Å²) in [6.07, 6.45) is 5.64. The third kappa shape index (κ3) is 7.60. The van der Waals surface area contributed by atoms with Crippen molar-refractivity contribution >= 4 is 22.1 Å². The van der Waals surface area contributed by atoms with Crippen LogP contribution in [0, 0.1) is 32.9 Å². The number of aryl methyl sites for hydroxylation is 5. The van der Waals surface area contributed by atoms with Gasteiger partial charge in [-0.3, -0.25) is 0 Å². The van der Waals surface area contributed by atoms with Crippen LogP contribution in [-0.2, 0) is 32.9 Å². The Morgan fingerprint density at radius 1 is 0.612 bits per heavy atom. The number of furan rings is 1. The van der Waals surface area contributed by atoms with Crippen LogP contribution in [-0.4, -0.2) is 15.0 Å². The second-order valence-corrected chi connectivity index (χ2v) is 12.0. The standard InChI is InChI=1S/C32H25N2O.C12H10N.Ir/c1-21-8-6-9-22(2)30(21)24-15-19-29(33-20-24)28-13-7-12-26-27-18-17-25(34-32(27)35-31(26)28)16-14-23-10-4-3-5-11-23;1-10-7-8-12(13-9-10)11-5-3-2-4-6-11;/h3-12,15,17-20H,14,16H2,1-2H3;2-5,7-9H,1H3;/q2*-1;. The summed E-state index contributed by atoms with van der Waals surface area (Å²) in [6.45, 7) is 6.31. The van der Waals surface area contributed by atoms with E-state index >= 15 is 0 Å². The van der Waals surface area contributed by atoms with Crippen molar-refractivity contribution < 1.29 is 24.5 Å². The molecular formula is C44H35IrN3O-2. The van der Waals surface area contributed by atoms with Gasteiger partial charge in [0.2, 0.25) is 5.71 Å². The summed E-state index contributed by atoms with van der Waals surface area (Å²) in [7, 11) is 0. The second kappa shape index (κ2) is 15.3. The van der Waals surface area contributed by atoms with E-state index in [1.165, 1.54) is 27.8 Å². The van der Waals surface area contributed by atoms with Crippen molar-refractivity contribution in [2.24, 2.45) is 0 Å². The fourth-order valence-corrected chi connectivity index (χ4v) is 6.05. The average molecular weight is 814 g/mol. The van der Waals surface area contributed by atoms with Crippen LogP contribution in [0.1, 0.15) is 27.9 Å². The molecule has 4 aromatic heterocycles. The molecule has 0 aliphatic heterocycles. The van der Waals surface area contributed by atoms with Gasteiger partial charge in [-0.05, 0) is 90.5 Å². The van der Waals surface area contributed by atoms with E-state index in [1.54, 1.807) is 0 Å². The molecule has 1 radical (unpaired) electrons. The van der Waals surface area contributed by atoms with Crippen LogP contribution in [0.2, 0.25) is 0 Å². The van der Waals surface area contributed by atoms with Gasteiger partial charge in [0.05, 0.1) is 5.58 Å². The monoisotopic (exact) mass is 814 g/mol. The molecule has 243 valence electrons. The summed E-state index contributed by atoms with van der Waals surface area (Å²) in [5.41, 5.74) is 13.5. The maximum absolute atomic E-state index is 6.30. The van der Waals surface area contributed by atoms with Gasteiger partial charge in [0.1, 0.15) is 0 Å². The molecule has 8 rings (SSSR count). The fourth-order valence-electron chi connectivity index (χ4n) is 6.05. The Balaban J connectivity index is 0.000000250. The van der Waals surface area contributed by atoms with Crippen LogP contribution >= 0.6 is 0 Å². The Labute approximate surface area is 301 Å². The van der Waals surface area contributed by atoms with Gasteiger partial charge in [0, 0.05) is 43.6 Å². The van der Waals surface area contributed by atoms with Crippen LogP contribution in [0.4, 0.5) is 0 Å². The molecule has 49 heavy (non-hydrogen) atoms. The minimum absolute atomic E-state index is 0. The predicted octanol–water partition coefficient (Wildman–Crippen LogP) is 10.8. The number of benzene rings is 4. The first-order valence-corrected chi connectivity index (χ1v) is 16.2. The van der Waals surface area contributed by atoms with Crippen molar-refractivity contribution in [2.75, 3.05) is 0 Å². The van der Waals surface area contributed by atoms with E-state index in [2.05, 4.69) is 104 Å². The van der Waals surface area contributed by atoms with Crippen LogP contribution in [0.5, 0.6) is 0 Å². The quantitative estimate of drug-likeness (QED) is 0.157. The van der Waals surface area contributed by atoms with Crippen LogP contribution in [0.3, 0.4) is 0 Å². The molecule has 0 aliphatic carbocycles. The maximum atomic E-state index is 6.30. The van der Waals surface area contributed by atoms with E-state index in [-0.39, 0.29) is 20.1 Å². The summed E-state index contributed by atoms with van der Waals surface area (Å²) in [5.74, 6) is 0. The first-order chi connectivity index (χ1) is 23.5. The largest absolute Gasteiger partial charge is 0.486 e. The number of hydrogen-bond acceptors (Lipinski definition) is 4. The first kappa shape index (κ1) is 33.7. The number of pyridine rings is 3. The number of fused-ring (bicyclic) bond motifs is 3. The molecule has 0 saturated heterocycles. The van der Waals surface area contributed by atoms with Gasteiger partial charge in [-0.2, -0.15) is 0 Å². The molecule has 0 aliphatic rings. The third-order valence-electron chi connectivity index (χ3n) is 8.55. The van der Waals surface area contributed by atoms with E-state index in [0.29, 0.717) is 5.71 Å². The van der Waals surface area contributed by atoms with Gasteiger partial charge in [-0.25, -0.2) is 4.98 Å². The van der Waals surface area contributed by atoms with Crippen molar-refractivity contribution in [3.05, 3.63) is 174 Å². The zero-order valence-electron chi connectivity index (χ0n) is 27.7. The molecule has 8 aromatic rings.